The molecule has 1 heterocycles. The minimum absolute atomic E-state index is 0.0538. The number of rotatable bonds is 7. The lowest BCUT2D eigenvalue weighted by molar-refractivity contribution is -0.154. The second-order valence-electron chi connectivity index (χ2n) is 5.71. The Labute approximate surface area is 181 Å². The Morgan fingerprint density at radius 3 is 2.61 bits per heavy atom. The van der Waals surface area contributed by atoms with Gasteiger partial charge in [0.1, 0.15) is 17.3 Å². The molecule has 3 N–H and O–H groups in total. The number of nitrogens with one attached hydrogen (secondary N) is 3. The summed E-state index contributed by atoms with van der Waals surface area (Å²) in [5.41, 5.74) is 2.27. The normalized spacial score (nSPS) is 10.4. The van der Waals surface area contributed by atoms with Crippen molar-refractivity contribution in [2.45, 2.75) is 13.5 Å². The molecule has 0 spiro atoms. The van der Waals surface area contributed by atoms with Crippen LogP contribution in [0.4, 0.5) is 5.69 Å². The summed E-state index contributed by atoms with van der Waals surface area (Å²) in [5, 5.41) is 8.67. The largest absolute Gasteiger partial charge is 0.495 e. The average molecular weight is 451 g/mol. The monoisotopic (exact) mass is 450 g/mol. The van der Waals surface area contributed by atoms with Crippen molar-refractivity contribution in [3.8, 4) is 5.75 Å². The Morgan fingerprint density at radius 2 is 1.90 bits per heavy atom. The molecule has 0 radical (unpaired) electrons. The molecule has 0 saturated heterocycles. The number of nitrogens with zero attached hydrogens (tertiary/aromatic N) is 1. The third-order valence-electron chi connectivity index (χ3n) is 3.54. The van der Waals surface area contributed by atoms with Crippen LogP contribution in [0, 0.1) is 0 Å². The van der Waals surface area contributed by atoms with Gasteiger partial charge in [0, 0.05) is 5.02 Å². The van der Waals surface area contributed by atoms with E-state index >= 15 is 0 Å². The number of esters is 1. The number of ether oxygens (including phenoxy) is 2. The molecule has 0 bridgehead atoms. The Balaban J connectivity index is 1.85. The standard InChI is InChI=1S/C19H19ClN4O7/c1-3-30-19(28)18(27)21-9-12-5-6-13(31-12)10-22-24-17(26)16(25)23-14-8-11(20)4-7-15(14)29-2/h4-8,10H,3,9H2,1-2H3,(H,21,27)(H,23,25)(H,24,26)/b22-10+. The van der Waals surface area contributed by atoms with Gasteiger partial charge in [-0.1, -0.05) is 11.6 Å². The first kappa shape index (κ1) is 23.4. The summed E-state index contributed by atoms with van der Waals surface area (Å²) in [6.07, 6.45) is 1.15. The topological polar surface area (TPSA) is 148 Å². The third kappa shape index (κ3) is 7.16. The molecule has 1 aromatic carbocycles. The van der Waals surface area contributed by atoms with Crippen LogP contribution in [0.15, 0.2) is 39.9 Å². The number of anilines is 1. The molecule has 12 heteroatoms. The van der Waals surface area contributed by atoms with Crippen LogP contribution in [0.1, 0.15) is 18.4 Å². The molecule has 2 aromatic rings. The third-order valence-corrected chi connectivity index (χ3v) is 3.78. The van der Waals surface area contributed by atoms with Crippen LogP contribution in [-0.2, 0) is 30.5 Å². The van der Waals surface area contributed by atoms with E-state index in [1.54, 1.807) is 13.0 Å². The maximum atomic E-state index is 12.0. The summed E-state index contributed by atoms with van der Waals surface area (Å²) in [4.78, 5) is 46.6. The fraction of sp³-hybridized carbons (Fsp3) is 0.211. The van der Waals surface area contributed by atoms with E-state index in [4.69, 9.17) is 20.8 Å². The lowest BCUT2D eigenvalue weighted by atomic mass is 10.3. The number of furan rings is 1. The molecule has 0 unspecified atom stereocenters. The Kier molecular flexibility index (Phi) is 8.58. The van der Waals surface area contributed by atoms with Gasteiger partial charge >= 0.3 is 23.7 Å². The molecular formula is C19H19ClN4O7. The van der Waals surface area contributed by atoms with Crippen LogP contribution in [0.5, 0.6) is 5.75 Å². The SMILES string of the molecule is CCOC(=O)C(=O)NCc1ccc(/C=N/NC(=O)C(=O)Nc2cc(Cl)ccc2OC)o1. The first-order valence-corrected chi connectivity index (χ1v) is 9.23. The maximum absolute atomic E-state index is 12.0. The van der Waals surface area contributed by atoms with Crippen LogP contribution in [-0.4, -0.2) is 43.6 Å². The highest BCUT2D eigenvalue weighted by Crippen LogP contribution is 2.27. The van der Waals surface area contributed by atoms with Crippen LogP contribution >= 0.6 is 11.6 Å². The summed E-state index contributed by atoms with van der Waals surface area (Å²) in [5.74, 6) is -3.03. The number of benzene rings is 1. The van der Waals surface area contributed by atoms with Crippen molar-refractivity contribution in [3.05, 3.63) is 46.9 Å². The zero-order valence-corrected chi connectivity index (χ0v) is 17.3. The summed E-state index contributed by atoms with van der Waals surface area (Å²) < 4.78 is 15.0. The minimum atomic E-state index is -1.04. The second kappa shape index (κ2) is 11.4. The molecular weight excluding hydrogens is 432 g/mol. The molecule has 0 aliphatic rings. The number of carbonyl (C=O) groups excluding carboxylic acids is 4. The van der Waals surface area contributed by atoms with E-state index in [9.17, 15) is 19.2 Å². The summed E-state index contributed by atoms with van der Waals surface area (Å²) in [6.45, 7) is 1.62. The zero-order chi connectivity index (χ0) is 22.8. The van der Waals surface area contributed by atoms with E-state index in [0.29, 0.717) is 16.5 Å². The molecule has 0 aliphatic heterocycles. The number of halogens is 1. The van der Waals surface area contributed by atoms with Crippen molar-refractivity contribution >= 4 is 47.2 Å². The fourth-order valence-electron chi connectivity index (χ4n) is 2.16. The van der Waals surface area contributed by atoms with Gasteiger partial charge in [0.15, 0.2) is 0 Å². The highest BCUT2D eigenvalue weighted by Gasteiger charge is 2.16. The summed E-state index contributed by atoms with van der Waals surface area (Å²) >= 11 is 5.87. The Hall–Kier alpha value is -3.86. The molecule has 31 heavy (non-hydrogen) atoms. The predicted molar refractivity (Wildman–Crippen MR) is 110 cm³/mol. The first-order valence-electron chi connectivity index (χ1n) is 8.85. The lowest BCUT2D eigenvalue weighted by Crippen LogP contribution is -2.32. The summed E-state index contributed by atoms with van der Waals surface area (Å²) in [7, 11) is 1.41. The minimum Gasteiger partial charge on any atom is -0.495 e. The molecule has 0 atom stereocenters. The van der Waals surface area contributed by atoms with Gasteiger partial charge in [-0.2, -0.15) is 5.10 Å². The van der Waals surface area contributed by atoms with E-state index in [1.165, 1.54) is 31.4 Å². The van der Waals surface area contributed by atoms with E-state index in [1.807, 2.05) is 5.43 Å². The molecule has 0 saturated carbocycles. The second-order valence-corrected chi connectivity index (χ2v) is 6.14. The number of amides is 3. The molecule has 0 fully saturated rings. The molecule has 164 valence electrons. The number of hydrazone groups is 1. The van der Waals surface area contributed by atoms with E-state index in [-0.39, 0.29) is 24.6 Å². The van der Waals surface area contributed by atoms with E-state index in [0.717, 1.165) is 6.21 Å². The quantitative estimate of drug-likeness (QED) is 0.248. The van der Waals surface area contributed by atoms with Gasteiger partial charge < -0.3 is 24.5 Å². The van der Waals surface area contributed by atoms with Crippen LogP contribution < -0.4 is 20.8 Å². The van der Waals surface area contributed by atoms with Crippen molar-refractivity contribution in [3.63, 3.8) is 0 Å². The molecule has 1 aromatic heterocycles. The van der Waals surface area contributed by atoms with Crippen molar-refractivity contribution < 1.29 is 33.1 Å². The Morgan fingerprint density at radius 1 is 1.13 bits per heavy atom. The van der Waals surface area contributed by atoms with E-state index in [2.05, 4.69) is 20.5 Å². The highest BCUT2D eigenvalue weighted by atomic mass is 35.5. The summed E-state index contributed by atoms with van der Waals surface area (Å²) in [6, 6.07) is 7.59. The first-order chi connectivity index (χ1) is 14.8. The maximum Gasteiger partial charge on any atom is 0.396 e. The average Bonchev–Trinajstić information content (AvgIpc) is 3.20. The van der Waals surface area contributed by atoms with Crippen molar-refractivity contribution in [1.29, 1.82) is 0 Å². The fourth-order valence-corrected chi connectivity index (χ4v) is 2.33. The van der Waals surface area contributed by atoms with Crippen LogP contribution in [0.2, 0.25) is 5.02 Å². The number of carbonyl (C=O) groups is 4. The predicted octanol–water partition coefficient (Wildman–Crippen LogP) is 1.21. The van der Waals surface area contributed by atoms with Crippen LogP contribution in [0.25, 0.3) is 0 Å². The van der Waals surface area contributed by atoms with Gasteiger partial charge in [-0.15, -0.1) is 0 Å². The Bertz CT molecular complexity index is 1000. The molecule has 3 amide bonds. The number of methoxy groups -OCH3 is 1. The number of hydrogen-bond donors (Lipinski definition) is 3. The van der Waals surface area contributed by atoms with Gasteiger partial charge in [-0.3, -0.25) is 14.4 Å². The highest BCUT2D eigenvalue weighted by molar-refractivity contribution is 6.40. The van der Waals surface area contributed by atoms with Gasteiger partial charge in [0.05, 0.1) is 32.2 Å². The van der Waals surface area contributed by atoms with Crippen molar-refractivity contribution in [2.75, 3.05) is 19.0 Å². The van der Waals surface area contributed by atoms with Crippen molar-refractivity contribution in [1.82, 2.24) is 10.7 Å². The smallest absolute Gasteiger partial charge is 0.396 e. The zero-order valence-electron chi connectivity index (χ0n) is 16.6. The number of hydrogen-bond acceptors (Lipinski definition) is 8. The van der Waals surface area contributed by atoms with Gasteiger partial charge in [-0.05, 0) is 37.3 Å². The molecule has 11 nitrogen and oxygen atoms in total. The van der Waals surface area contributed by atoms with Crippen molar-refractivity contribution in [2.24, 2.45) is 5.10 Å². The van der Waals surface area contributed by atoms with E-state index < -0.39 is 23.7 Å². The molecule has 2 rings (SSSR count). The van der Waals surface area contributed by atoms with Gasteiger partial charge in [-0.25, -0.2) is 10.2 Å². The van der Waals surface area contributed by atoms with Gasteiger partial charge in [0.25, 0.3) is 0 Å². The lowest BCUT2D eigenvalue weighted by Gasteiger charge is -2.09. The van der Waals surface area contributed by atoms with Crippen LogP contribution in [0.3, 0.4) is 0 Å². The van der Waals surface area contributed by atoms with Gasteiger partial charge in [0.2, 0.25) is 0 Å². The molecule has 0 aliphatic carbocycles.